The van der Waals surface area contributed by atoms with Gasteiger partial charge in [-0.2, -0.15) is 0 Å². The molecule has 0 aromatic heterocycles. The fourth-order valence-corrected chi connectivity index (χ4v) is 1.15. The van der Waals surface area contributed by atoms with E-state index in [1.807, 2.05) is 0 Å². The zero-order valence-corrected chi connectivity index (χ0v) is 11.8. The van der Waals surface area contributed by atoms with Crippen molar-refractivity contribution in [2.45, 2.75) is 32.6 Å². The Labute approximate surface area is 114 Å². The summed E-state index contributed by atoms with van der Waals surface area (Å²) in [4.78, 5) is 22.4. The third kappa shape index (κ3) is 13.1. The monoisotopic (exact) mass is 276 g/mol. The van der Waals surface area contributed by atoms with E-state index in [9.17, 15) is 9.59 Å². The number of methoxy groups -OCH3 is 1. The van der Waals surface area contributed by atoms with E-state index in [0.717, 1.165) is 12.8 Å². The minimum atomic E-state index is -0.423. The van der Waals surface area contributed by atoms with Crippen molar-refractivity contribution in [3.05, 3.63) is 0 Å². The maximum Gasteiger partial charge on any atom is 0.306 e. The van der Waals surface area contributed by atoms with Gasteiger partial charge in [0.25, 0.3) is 0 Å². The number of carbonyl (C=O) groups excluding carboxylic acids is 2. The summed E-state index contributed by atoms with van der Waals surface area (Å²) in [5.74, 6) is -0.837. The second kappa shape index (κ2) is 13.3. The molecule has 0 aliphatic rings. The van der Waals surface area contributed by atoms with Crippen LogP contribution < -0.4 is 0 Å². The molecular weight excluding hydrogens is 252 g/mol. The minimum Gasteiger partial charge on any atom is -0.463 e. The number of ether oxygens (including phenoxy) is 4. The first kappa shape index (κ1) is 17.9. The quantitative estimate of drug-likeness (QED) is 0.395. The van der Waals surface area contributed by atoms with Crippen molar-refractivity contribution in [1.82, 2.24) is 0 Å². The Bertz CT molecular complexity index is 241. The summed E-state index contributed by atoms with van der Waals surface area (Å²) in [7, 11) is 1.52. The number of esters is 2. The lowest BCUT2D eigenvalue weighted by Crippen LogP contribution is -2.14. The Morgan fingerprint density at radius 2 is 1.42 bits per heavy atom. The summed E-state index contributed by atoms with van der Waals surface area (Å²) in [5, 5.41) is 0. The third-order valence-corrected chi connectivity index (χ3v) is 2.22. The zero-order chi connectivity index (χ0) is 14.3. The lowest BCUT2D eigenvalue weighted by molar-refractivity contribution is -0.151. The van der Waals surface area contributed by atoms with E-state index in [0.29, 0.717) is 19.8 Å². The molecule has 6 nitrogen and oxygen atoms in total. The molecule has 0 amide bonds. The van der Waals surface area contributed by atoms with Crippen LogP contribution >= 0.6 is 0 Å². The van der Waals surface area contributed by atoms with Gasteiger partial charge in [-0.05, 0) is 6.42 Å². The van der Waals surface area contributed by atoms with Crippen molar-refractivity contribution in [3.63, 3.8) is 0 Å². The number of carbonyl (C=O) groups is 2. The first-order valence-electron chi connectivity index (χ1n) is 6.58. The van der Waals surface area contributed by atoms with Crippen LogP contribution in [0.5, 0.6) is 0 Å². The molecule has 0 rings (SSSR count). The molecule has 0 saturated carbocycles. The van der Waals surface area contributed by atoms with Gasteiger partial charge < -0.3 is 18.9 Å². The molecule has 112 valence electrons. The highest BCUT2D eigenvalue weighted by Crippen LogP contribution is 1.96. The van der Waals surface area contributed by atoms with Crippen molar-refractivity contribution < 1.29 is 28.5 Å². The Balaban J connectivity index is 3.36. The van der Waals surface area contributed by atoms with Gasteiger partial charge in [0, 0.05) is 13.7 Å². The highest BCUT2D eigenvalue weighted by Gasteiger charge is 2.08. The van der Waals surface area contributed by atoms with E-state index in [1.54, 1.807) is 0 Å². The Morgan fingerprint density at radius 1 is 0.842 bits per heavy atom. The van der Waals surface area contributed by atoms with Gasteiger partial charge in [-0.25, -0.2) is 0 Å². The molecule has 0 aliphatic carbocycles. The number of rotatable bonds is 12. The lowest BCUT2D eigenvalue weighted by Gasteiger charge is -2.06. The second-order valence-corrected chi connectivity index (χ2v) is 3.90. The first-order valence-corrected chi connectivity index (χ1v) is 6.58. The average molecular weight is 276 g/mol. The van der Waals surface area contributed by atoms with E-state index >= 15 is 0 Å². The molecular formula is C13H24O6. The molecule has 0 bridgehead atoms. The number of hydrogen-bond acceptors (Lipinski definition) is 6. The van der Waals surface area contributed by atoms with Gasteiger partial charge >= 0.3 is 11.9 Å². The van der Waals surface area contributed by atoms with Crippen LogP contribution in [0.4, 0.5) is 0 Å². The largest absolute Gasteiger partial charge is 0.463 e. The number of hydrogen-bond donors (Lipinski definition) is 0. The minimum absolute atomic E-state index is 0.0270. The molecule has 0 atom stereocenters. The SMILES string of the molecule is CCCCOCCOC(=O)CCC(=O)OCCOC. The van der Waals surface area contributed by atoms with Crippen molar-refractivity contribution in [2.24, 2.45) is 0 Å². The fraction of sp³-hybridized carbons (Fsp3) is 0.846. The molecule has 0 aliphatic heterocycles. The van der Waals surface area contributed by atoms with Gasteiger partial charge in [-0.15, -0.1) is 0 Å². The van der Waals surface area contributed by atoms with Crippen LogP contribution in [-0.2, 0) is 28.5 Å². The van der Waals surface area contributed by atoms with Crippen LogP contribution in [-0.4, -0.2) is 52.1 Å². The Hall–Kier alpha value is -1.14. The molecule has 0 N–H and O–H groups in total. The van der Waals surface area contributed by atoms with Crippen LogP contribution in [0.1, 0.15) is 32.6 Å². The second-order valence-electron chi connectivity index (χ2n) is 3.90. The lowest BCUT2D eigenvalue weighted by atomic mass is 10.3. The summed E-state index contributed by atoms with van der Waals surface area (Å²) in [6.07, 6.45) is 2.13. The zero-order valence-electron chi connectivity index (χ0n) is 11.8. The first-order chi connectivity index (χ1) is 9.20. The molecule has 0 saturated heterocycles. The third-order valence-electron chi connectivity index (χ3n) is 2.22. The molecule has 0 radical (unpaired) electrons. The van der Waals surface area contributed by atoms with E-state index in [1.165, 1.54) is 7.11 Å². The van der Waals surface area contributed by atoms with Crippen LogP contribution in [0.15, 0.2) is 0 Å². The van der Waals surface area contributed by atoms with Gasteiger partial charge in [0.2, 0.25) is 0 Å². The van der Waals surface area contributed by atoms with E-state index in [4.69, 9.17) is 18.9 Å². The fourth-order valence-electron chi connectivity index (χ4n) is 1.15. The molecule has 0 aromatic rings. The van der Waals surface area contributed by atoms with Crippen molar-refractivity contribution in [2.75, 3.05) is 40.1 Å². The summed E-state index contributed by atoms with van der Waals surface area (Å²) in [5.41, 5.74) is 0. The van der Waals surface area contributed by atoms with Crippen molar-refractivity contribution in [1.29, 1.82) is 0 Å². The molecule has 0 fully saturated rings. The summed E-state index contributed by atoms with van der Waals surface area (Å²) in [6, 6.07) is 0. The van der Waals surface area contributed by atoms with E-state index in [2.05, 4.69) is 6.92 Å². The van der Waals surface area contributed by atoms with Crippen LogP contribution in [0.25, 0.3) is 0 Å². The standard InChI is InChI=1S/C13H24O6/c1-3-4-7-17-9-11-19-13(15)6-5-12(14)18-10-8-16-2/h3-11H2,1-2H3. The molecule has 0 unspecified atom stereocenters. The molecule has 0 aromatic carbocycles. The Kier molecular flexibility index (Phi) is 12.5. The normalized spacial score (nSPS) is 10.2. The van der Waals surface area contributed by atoms with Crippen LogP contribution in [0.2, 0.25) is 0 Å². The maximum absolute atomic E-state index is 11.3. The van der Waals surface area contributed by atoms with Gasteiger partial charge in [-0.1, -0.05) is 13.3 Å². The van der Waals surface area contributed by atoms with Gasteiger partial charge in [-0.3, -0.25) is 9.59 Å². The van der Waals surface area contributed by atoms with Gasteiger partial charge in [0.1, 0.15) is 13.2 Å². The van der Waals surface area contributed by atoms with Crippen molar-refractivity contribution in [3.8, 4) is 0 Å². The smallest absolute Gasteiger partial charge is 0.306 e. The highest BCUT2D eigenvalue weighted by atomic mass is 16.6. The average Bonchev–Trinajstić information content (AvgIpc) is 2.40. The predicted molar refractivity (Wildman–Crippen MR) is 68.8 cm³/mol. The van der Waals surface area contributed by atoms with Crippen molar-refractivity contribution >= 4 is 11.9 Å². The highest BCUT2D eigenvalue weighted by molar-refractivity contribution is 5.77. The number of unbranched alkanes of at least 4 members (excludes halogenated alkanes) is 1. The molecule has 0 heterocycles. The summed E-state index contributed by atoms with van der Waals surface area (Å²) in [6.45, 7) is 3.93. The van der Waals surface area contributed by atoms with Crippen LogP contribution in [0, 0.1) is 0 Å². The summed E-state index contributed by atoms with van der Waals surface area (Å²) < 4.78 is 19.7. The van der Waals surface area contributed by atoms with Gasteiger partial charge in [0.05, 0.1) is 26.1 Å². The molecule has 6 heteroatoms. The van der Waals surface area contributed by atoms with E-state index < -0.39 is 11.9 Å². The Morgan fingerprint density at radius 3 is 1.95 bits per heavy atom. The predicted octanol–water partition coefficient (Wildman–Crippen LogP) is 1.32. The van der Waals surface area contributed by atoms with E-state index in [-0.39, 0.29) is 26.1 Å². The van der Waals surface area contributed by atoms with Crippen LogP contribution in [0.3, 0.4) is 0 Å². The summed E-state index contributed by atoms with van der Waals surface area (Å²) >= 11 is 0. The molecule has 0 spiro atoms. The topological polar surface area (TPSA) is 71.1 Å². The maximum atomic E-state index is 11.3. The van der Waals surface area contributed by atoms with Gasteiger partial charge in [0.15, 0.2) is 0 Å². The molecule has 19 heavy (non-hydrogen) atoms.